The van der Waals surface area contributed by atoms with E-state index in [1.165, 1.54) is 0 Å². The van der Waals surface area contributed by atoms with Crippen LogP contribution in [0.3, 0.4) is 0 Å². The number of hydrogen-bond donors (Lipinski definition) is 2. The van der Waals surface area contributed by atoms with Crippen LogP contribution in [0.4, 0.5) is 13.2 Å². The van der Waals surface area contributed by atoms with Crippen molar-refractivity contribution >= 4 is 34.0 Å². The second-order valence-electron chi connectivity index (χ2n) is 5.66. The standard InChI is InChI=1S/C14H18ClF3N2O2S.ClH/c1-9(10-3-2-6-19-8-10)20-23(21,22)13-7-11(14(16,17)18)4-5-12(13)15;/h4-5,7,9-10,19-20H,2-3,6,8H2,1H3;1H. The molecule has 138 valence electrons. The average molecular weight is 407 g/mol. The Morgan fingerprint density at radius 2 is 2.04 bits per heavy atom. The molecule has 0 amide bonds. The van der Waals surface area contributed by atoms with Gasteiger partial charge in [0.2, 0.25) is 10.0 Å². The van der Waals surface area contributed by atoms with Crippen molar-refractivity contribution in [1.29, 1.82) is 0 Å². The summed E-state index contributed by atoms with van der Waals surface area (Å²) in [5.41, 5.74) is -1.05. The van der Waals surface area contributed by atoms with E-state index in [1.807, 2.05) is 0 Å². The molecule has 2 N–H and O–H groups in total. The predicted molar refractivity (Wildman–Crippen MR) is 89.1 cm³/mol. The van der Waals surface area contributed by atoms with Crippen LogP contribution in [0.25, 0.3) is 0 Å². The molecular formula is C14H19Cl2F3N2O2S. The van der Waals surface area contributed by atoms with Crippen LogP contribution in [-0.4, -0.2) is 27.5 Å². The van der Waals surface area contributed by atoms with Crippen LogP contribution < -0.4 is 10.0 Å². The Hall–Kier alpha value is -0.540. The van der Waals surface area contributed by atoms with Gasteiger partial charge in [-0.15, -0.1) is 12.4 Å². The lowest BCUT2D eigenvalue weighted by molar-refractivity contribution is -0.137. The lowest BCUT2D eigenvalue weighted by Gasteiger charge is -2.28. The predicted octanol–water partition coefficient (Wildman–Crippen LogP) is 3.45. The second kappa shape index (κ2) is 8.23. The zero-order valence-corrected chi connectivity index (χ0v) is 15.2. The molecule has 1 aliphatic heterocycles. The van der Waals surface area contributed by atoms with Crippen molar-refractivity contribution in [2.75, 3.05) is 13.1 Å². The van der Waals surface area contributed by atoms with Gasteiger partial charge in [-0.1, -0.05) is 11.6 Å². The molecule has 0 spiro atoms. The van der Waals surface area contributed by atoms with Crippen LogP contribution in [-0.2, 0) is 16.2 Å². The van der Waals surface area contributed by atoms with E-state index in [0.717, 1.165) is 31.5 Å². The van der Waals surface area contributed by atoms with Crippen LogP contribution in [0.2, 0.25) is 5.02 Å². The summed E-state index contributed by atoms with van der Waals surface area (Å²) >= 11 is 5.80. The Bertz CT molecular complexity index is 662. The maximum Gasteiger partial charge on any atom is 0.416 e. The summed E-state index contributed by atoms with van der Waals surface area (Å²) in [6.07, 6.45) is -2.85. The third kappa shape index (κ3) is 5.23. The first-order valence-corrected chi connectivity index (χ1v) is 9.07. The van der Waals surface area contributed by atoms with Gasteiger partial charge in [0.1, 0.15) is 4.90 Å². The second-order valence-corrected chi connectivity index (χ2v) is 7.75. The molecular weight excluding hydrogens is 388 g/mol. The molecule has 0 bridgehead atoms. The third-order valence-corrected chi connectivity index (χ3v) is 5.97. The van der Waals surface area contributed by atoms with E-state index in [0.29, 0.717) is 12.6 Å². The lowest BCUT2D eigenvalue weighted by Crippen LogP contribution is -2.44. The Kier molecular flexibility index (Phi) is 7.37. The number of rotatable bonds is 4. The molecule has 1 aromatic carbocycles. The monoisotopic (exact) mass is 406 g/mol. The molecule has 10 heteroatoms. The van der Waals surface area contributed by atoms with Crippen LogP contribution in [0.15, 0.2) is 23.1 Å². The molecule has 1 aliphatic rings. The number of hydrogen-bond acceptors (Lipinski definition) is 3. The summed E-state index contributed by atoms with van der Waals surface area (Å²) in [5.74, 6) is 0.0862. The highest BCUT2D eigenvalue weighted by molar-refractivity contribution is 7.89. The van der Waals surface area contributed by atoms with Crippen molar-refractivity contribution in [2.45, 2.75) is 36.9 Å². The molecule has 0 aliphatic carbocycles. The van der Waals surface area contributed by atoms with Gasteiger partial charge in [0.05, 0.1) is 10.6 Å². The molecule has 2 atom stereocenters. The largest absolute Gasteiger partial charge is 0.416 e. The maximum atomic E-state index is 12.8. The molecule has 24 heavy (non-hydrogen) atoms. The summed E-state index contributed by atoms with van der Waals surface area (Å²) in [7, 11) is -4.13. The Balaban J connectivity index is 0.00000288. The minimum absolute atomic E-state index is 0. The summed E-state index contributed by atoms with van der Waals surface area (Å²) < 4.78 is 65.6. The highest BCUT2D eigenvalue weighted by Crippen LogP contribution is 2.33. The number of alkyl halides is 3. The topological polar surface area (TPSA) is 58.2 Å². The van der Waals surface area contributed by atoms with E-state index in [1.54, 1.807) is 6.92 Å². The van der Waals surface area contributed by atoms with Gasteiger partial charge < -0.3 is 5.32 Å². The van der Waals surface area contributed by atoms with Crippen molar-refractivity contribution in [3.05, 3.63) is 28.8 Å². The smallest absolute Gasteiger partial charge is 0.316 e. The zero-order valence-electron chi connectivity index (χ0n) is 12.9. The van der Waals surface area contributed by atoms with Gasteiger partial charge in [-0.2, -0.15) is 13.2 Å². The zero-order chi connectivity index (χ0) is 17.3. The van der Waals surface area contributed by atoms with Crippen molar-refractivity contribution in [2.24, 2.45) is 5.92 Å². The number of benzene rings is 1. The molecule has 0 radical (unpaired) electrons. The minimum Gasteiger partial charge on any atom is -0.316 e. The number of piperidine rings is 1. The normalized spacial score (nSPS) is 20.3. The van der Waals surface area contributed by atoms with Crippen LogP contribution >= 0.6 is 24.0 Å². The van der Waals surface area contributed by atoms with E-state index in [9.17, 15) is 21.6 Å². The third-order valence-electron chi connectivity index (χ3n) is 3.93. The molecule has 0 saturated carbocycles. The van der Waals surface area contributed by atoms with E-state index < -0.39 is 32.7 Å². The van der Waals surface area contributed by atoms with Crippen molar-refractivity contribution in [3.63, 3.8) is 0 Å². The van der Waals surface area contributed by atoms with Gasteiger partial charge in [0, 0.05) is 6.04 Å². The van der Waals surface area contributed by atoms with Gasteiger partial charge in [-0.3, -0.25) is 0 Å². The minimum atomic E-state index is -4.63. The summed E-state index contributed by atoms with van der Waals surface area (Å²) in [4.78, 5) is -0.551. The molecule has 2 unspecified atom stereocenters. The van der Waals surface area contributed by atoms with Crippen LogP contribution in [0, 0.1) is 5.92 Å². The molecule has 2 rings (SSSR count). The summed E-state index contributed by atoms with van der Waals surface area (Å²) in [6, 6.07) is 1.87. The molecule has 1 fully saturated rings. The van der Waals surface area contributed by atoms with E-state index in [2.05, 4.69) is 10.0 Å². The van der Waals surface area contributed by atoms with Gasteiger partial charge in [-0.05, 0) is 57.0 Å². The molecule has 1 saturated heterocycles. The fourth-order valence-electron chi connectivity index (χ4n) is 2.60. The highest BCUT2D eigenvalue weighted by atomic mass is 35.5. The fourth-order valence-corrected chi connectivity index (χ4v) is 4.43. The number of halogens is 5. The fraction of sp³-hybridized carbons (Fsp3) is 0.571. The Labute approximate surface area is 150 Å². The van der Waals surface area contributed by atoms with Crippen molar-refractivity contribution in [1.82, 2.24) is 10.0 Å². The van der Waals surface area contributed by atoms with Crippen LogP contribution in [0.1, 0.15) is 25.3 Å². The lowest BCUT2D eigenvalue weighted by atomic mass is 9.94. The first-order valence-electron chi connectivity index (χ1n) is 7.21. The van der Waals surface area contributed by atoms with Crippen LogP contribution in [0.5, 0.6) is 0 Å². The van der Waals surface area contributed by atoms with Gasteiger partial charge in [0.15, 0.2) is 0 Å². The first kappa shape index (κ1) is 21.5. The summed E-state index contributed by atoms with van der Waals surface area (Å²) in [6.45, 7) is 3.26. The first-order chi connectivity index (χ1) is 10.6. The number of sulfonamides is 1. The molecule has 1 aromatic rings. The summed E-state index contributed by atoms with van der Waals surface area (Å²) in [5, 5.41) is 2.94. The van der Waals surface area contributed by atoms with E-state index >= 15 is 0 Å². The van der Waals surface area contributed by atoms with Gasteiger partial charge in [-0.25, -0.2) is 13.1 Å². The maximum absolute atomic E-state index is 12.8. The Morgan fingerprint density at radius 3 is 2.58 bits per heavy atom. The average Bonchev–Trinajstić information content (AvgIpc) is 2.46. The van der Waals surface area contributed by atoms with E-state index in [-0.39, 0.29) is 23.3 Å². The number of nitrogens with one attached hydrogen (secondary N) is 2. The van der Waals surface area contributed by atoms with E-state index in [4.69, 9.17) is 11.6 Å². The van der Waals surface area contributed by atoms with Gasteiger partial charge >= 0.3 is 6.18 Å². The quantitative estimate of drug-likeness (QED) is 0.804. The molecule has 1 heterocycles. The SMILES string of the molecule is CC(NS(=O)(=O)c1cc(C(F)(F)F)ccc1Cl)C1CCCNC1.Cl. The highest BCUT2D eigenvalue weighted by Gasteiger charge is 2.33. The molecule has 0 aromatic heterocycles. The van der Waals surface area contributed by atoms with Crippen molar-refractivity contribution < 1.29 is 21.6 Å². The molecule has 4 nitrogen and oxygen atoms in total. The van der Waals surface area contributed by atoms with Crippen molar-refractivity contribution in [3.8, 4) is 0 Å². The Morgan fingerprint density at radius 1 is 1.38 bits per heavy atom. The van der Waals surface area contributed by atoms with Gasteiger partial charge in [0.25, 0.3) is 0 Å².